The van der Waals surface area contributed by atoms with Gasteiger partial charge >= 0.3 is 10.1 Å². The van der Waals surface area contributed by atoms with Crippen molar-refractivity contribution in [1.82, 2.24) is 4.90 Å². The van der Waals surface area contributed by atoms with Crippen LogP contribution < -0.4 is 13.8 Å². The number of rotatable bonds is 7. The highest BCUT2D eigenvalue weighted by Crippen LogP contribution is 2.24. The molecule has 178 valence electrons. The van der Waals surface area contributed by atoms with Crippen molar-refractivity contribution in [2.75, 3.05) is 38.2 Å². The molecule has 0 unspecified atom stereocenters. The van der Waals surface area contributed by atoms with Crippen LogP contribution in [-0.2, 0) is 21.3 Å². The van der Waals surface area contributed by atoms with Crippen molar-refractivity contribution in [3.63, 3.8) is 0 Å². The summed E-state index contributed by atoms with van der Waals surface area (Å²) in [6.45, 7) is 4.55. The predicted octanol–water partition coefficient (Wildman–Crippen LogP) is 3.66. The van der Waals surface area contributed by atoms with Crippen LogP contribution in [0.4, 0.5) is 5.69 Å². The fraction of sp³-hybridized carbons (Fsp3) is 0.269. The fourth-order valence-corrected chi connectivity index (χ4v) is 4.81. The van der Waals surface area contributed by atoms with E-state index in [2.05, 4.69) is 4.90 Å². The summed E-state index contributed by atoms with van der Waals surface area (Å²) >= 11 is 0. The molecular weight excluding hydrogens is 452 g/mol. The average Bonchev–Trinajstić information content (AvgIpc) is 2.85. The lowest BCUT2D eigenvalue weighted by atomic mass is 10.1. The van der Waals surface area contributed by atoms with Crippen molar-refractivity contribution >= 4 is 21.7 Å². The molecule has 3 aromatic carbocycles. The molecule has 8 heteroatoms. The normalized spacial score (nSPS) is 14.1. The van der Waals surface area contributed by atoms with Gasteiger partial charge in [0.15, 0.2) is 0 Å². The summed E-state index contributed by atoms with van der Waals surface area (Å²) < 4.78 is 35.5. The number of ether oxygens (including phenoxy) is 1. The smallest absolute Gasteiger partial charge is 0.339 e. The van der Waals surface area contributed by atoms with Gasteiger partial charge in [-0.05, 0) is 61.0 Å². The average molecular weight is 481 g/mol. The number of aryl methyl sites for hydroxylation is 1. The number of nitrogens with zero attached hydrogens (tertiary/aromatic N) is 2. The van der Waals surface area contributed by atoms with E-state index in [1.165, 1.54) is 12.1 Å². The van der Waals surface area contributed by atoms with Gasteiger partial charge in [0.1, 0.15) is 16.4 Å². The van der Waals surface area contributed by atoms with Crippen molar-refractivity contribution in [1.29, 1.82) is 0 Å². The van der Waals surface area contributed by atoms with Gasteiger partial charge in [0.2, 0.25) is 5.91 Å². The van der Waals surface area contributed by atoms with E-state index in [0.29, 0.717) is 32.6 Å². The molecule has 0 spiro atoms. The first-order chi connectivity index (χ1) is 16.3. The van der Waals surface area contributed by atoms with E-state index in [4.69, 9.17) is 8.92 Å². The van der Waals surface area contributed by atoms with Crippen LogP contribution in [0.3, 0.4) is 0 Å². The first kappa shape index (κ1) is 23.6. The first-order valence-corrected chi connectivity index (χ1v) is 12.5. The Morgan fingerprint density at radius 2 is 1.56 bits per heavy atom. The first-order valence-electron chi connectivity index (χ1n) is 11.1. The molecule has 3 aromatic rings. The number of benzene rings is 3. The summed E-state index contributed by atoms with van der Waals surface area (Å²) in [4.78, 5) is 16.9. The maximum atomic E-state index is 12.7. The minimum Gasteiger partial charge on any atom is -0.497 e. The summed E-state index contributed by atoms with van der Waals surface area (Å²) in [6, 6.07) is 21.1. The minimum atomic E-state index is -3.88. The Labute approximate surface area is 200 Å². The van der Waals surface area contributed by atoms with Gasteiger partial charge in [0, 0.05) is 31.9 Å². The number of anilines is 1. The Bertz CT molecular complexity index is 1230. The molecule has 0 aliphatic carbocycles. The molecule has 1 saturated heterocycles. The maximum absolute atomic E-state index is 12.7. The van der Waals surface area contributed by atoms with E-state index >= 15 is 0 Å². The van der Waals surface area contributed by atoms with E-state index < -0.39 is 10.1 Å². The van der Waals surface area contributed by atoms with E-state index in [1.807, 2.05) is 48.2 Å². The highest BCUT2D eigenvalue weighted by Gasteiger charge is 2.22. The van der Waals surface area contributed by atoms with Crippen molar-refractivity contribution in [3.8, 4) is 11.5 Å². The molecule has 1 aliphatic rings. The lowest BCUT2D eigenvalue weighted by Gasteiger charge is -2.36. The van der Waals surface area contributed by atoms with Crippen LogP contribution in [0.5, 0.6) is 11.5 Å². The zero-order valence-corrected chi connectivity index (χ0v) is 20.1. The second-order valence-electron chi connectivity index (χ2n) is 8.24. The highest BCUT2D eigenvalue weighted by atomic mass is 32.2. The predicted molar refractivity (Wildman–Crippen MR) is 131 cm³/mol. The lowest BCUT2D eigenvalue weighted by Crippen LogP contribution is -2.49. The SMILES string of the molecule is COc1cccc(CC(=O)N2CCN(c3ccc(OS(=O)(=O)c4ccc(C)cc4)cc3)CC2)c1. The lowest BCUT2D eigenvalue weighted by molar-refractivity contribution is -0.130. The number of methoxy groups -OCH3 is 1. The van der Waals surface area contributed by atoms with Gasteiger partial charge in [-0.15, -0.1) is 0 Å². The van der Waals surface area contributed by atoms with Crippen molar-refractivity contribution in [2.24, 2.45) is 0 Å². The molecule has 0 N–H and O–H groups in total. The Morgan fingerprint density at radius 1 is 0.882 bits per heavy atom. The Hall–Kier alpha value is -3.52. The second kappa shape index (κ2) is 10.2. The molecule has 1 fully saturated rings. The quantitative estimate of drug-likeness (QED) is 0.481. The molecule has 0 radical (unpaired) electrons. The highest BCUT2D eigenvalue weighted by molar-refractivity contribution is 7.87. The number of carbonyl (C=O) groups excluding carboxylic acids is 1. The maximum Gasteiger partial charge on any atom is 0.339 e. The molecule has 0 bridgehead atoms. The van der Waals surface area contributed by atoms with Crippen LogP contribution in [0.2, 0.25) is 0 Å². The third kappa shape index (κ3) is 5.69. The molecule has 0 saturated carbocycles. The third-order valence-electron chi connectivity index (χ3n) is 5.84. The van der Waals surface area contributed by atoms with Gasteiger partial charge in [-0.2, -0.15) is 8.42 Å². The van der Waals surface area contributed by atoms with Crippen LogP contribution >= 0.6 is 0 Å². The van der Waals surface area contributed by atoms with Crippen LogP contribution in [0, 0.1) is 6.92 Å². The second-order valence-corrected chi connectivity index (χ2v) is 9.79. The van der Waals surface area contributed by atoms with E-state index in [9.17, 15) is 13.2 Å². The van der Waals surface area contributed by atoms with E-state index in [-0.39, 0.29) is 16.6 Å². The van der Waals surface area contributed by atoms with E-state index in [1.54, 1.807) is 31.4 Å². The van der Waals surface area contributed by atoms with Gasteiger partial charge in [-0.25, -0.2) is 0 Å². The van der Waals surface area contributed by atoms with E-state index in [0.717, 1.165) is 22.6 Å². The van der Waals surface area contributed by atoms with Crippen molar-refractivity contribution in [2.45, 2.75) is 18.2 Å². The van der Waals surface area contributed by atoms with Crippen LogP contribution in [0.25, 0.3) is 0 Å². The number of hydrogen-bond donors (Lipinski definition) is 0. The van der Waals surface area contributed by atoms with Gasteiger partial charge in [0.05, 0.1) is 13.5 Å². The molecule has 4 rings (SSSR count). The van der Waals surface area contributed by atoms with Crippen LogP contribution in [0.1, 0.15) is 11.1 Å². The Kier molecular flexibility index (Phi) is 7.07. The summed E-state index contributed by atoms with van der Waals surface area (Å²) in [5.41, 5.74) is 2.87. The third-order valence-corrected chi connectivity index (χ3v) is 7.10. The summed E-state index contributed by atoms with van der Waals surface area (Å²) in [6.07, 6.45) is 0.346. The molecule has 1 aliphatic heterocycles. The van der Waals surface area contributed by atoms with Gasteiger partial charge in [0.25, 0.3) is 0 Å². The van der Waals surface area contributed by atoms with Gasteiger partial charge < -0.3 is 18.7 Å². The van der Waals surface area contributed by atoms with Crippen LogP contribution in [-0.4, -0.2) is 52.5 Å². The number of hydrogen-bond acceptors (Lipinski definition) is 6. The monoisotopic (exact) mass is 480 g/mol. The van der Waals surface area contributed by atoms with Crippen molar-refractivity contribution in [3.05, 3.63) is 83.9 Å². The van der Waals surface area contributed by atoms with Gasteiger partial charge in [-0.3, -0.25) is 4.79 Å². The topological polar surface area (TPSA) is 76.2 Å². The molecule has 0 atom stereocenters. The Balaban J connectivity index is 1.32. The molecular formula is C26H28N2O5S. The molecule has 34 heavy (non-hydrogen) atoms. The van der Waals surface area contributed by atoms with Gasteiger partial charge in [-0.1, -0.05) is 29.8 Å². The minimum absolute atomic E-state index is 0.0953. The molecule has 7 nitrogen and oxygen atoms in total. The molecule has 1 heterocycles. The zero-order valence-electron chi connectivity index (χ0n) is 19.3. The molecule has 0 aromatic heterocycles. The number of carbonyl (C=O) groups is 1. The standard InChI is InChI=1S/C26H28N2O5S/c1-20-6-12-25(13-7-20)34(30,31)33-23-10-8-22(9-11-23)27-14-16-28(17-15-27)26(29)19-21-4-3-5-24(18-21)32-2/h3-13,18H,14-17,19H2,1-2H3. The zero-order chi connectivity index (χ0) is 24.1. The summed E-state index contributed by atoms with van der Waals surface area (Å²) in [7, 11) is -2.27. The number of amides is 1. The largest absolute Gasteiger partial charge is 0.497 e. The fourth-order valence-electron chi connectivity index (χ4n) is 3.88. The summed E-state index contributed by atoms with van der Waals surface area (Å²) in [5, 5.41) is 0. The summed E-state index contributed by atoms with van der Waals surface area (Å²) in [5.74, 6) is 1.10. The Morgan fingerprint density at radius 3 is 2.21 bits per heavy atom. The molecule has 1 amide bonds. The van der Waals surface area contributed by atoms with Crippen LogP contribution in [0.15, 0.2) is 77.7 Å². The number of piperazine rings is 1. The van der Waals surface area contributed by atoms with Crippen molar-refractivity contribution < 1.29 is 22.1 Å².